The normalized spacial score (nSPS) is 17.3. The maximum absolute atomic E-state index is 9.10. The van der Waals surface area contributed by atoms with E-state index in [4.69, 9.17) is 44.3 Å². The maximum atomic E-state index is 9.10. The first-order valence-electron chi connectivity index (χ1n) is 13.1. The van der Waals surface area contributed by atoms with Crippen molar-refractivity contribution in [2.75, 3.05) is 31.6 Å². The van der Waals surface area contributed by atoms with Crippen molar-refractivity contribution in [2.45, 2.75) is 25.7 Å². The summed E-state index contributed by atoms with van der Waals surface area (Å²) in [5, 5.41) is 34.1. The largest absolute Gasteiger partial charge is 0.494 e. The van der Waals surface area contributed by atoms with E-state index < -0.39 is 23.9 Å². The quantitative estimate of drug-likeness (QED) is 0.206. The third-order valence-electron chi connectivity index (χ3n) is 6.78. The topological polar surface area (TPSA) is 187 Å². The lowest BCUT2D eigenvalue weighted by Crippen LogP contribution is -2.24. The number of hydrogen-bond donors (Lipinski definition) is 5. The molecule has 3 aromatic rings. The molecule has 0 spiro atoms. The van der Waals surface area contributed by atoms with Gasteiger partial charge in [0.1, 0.15) is 11.6 Å². The van der Waals surface area contributed by atoms with Gasteiger partial charge in [-0.05, 0) is 73.6 Å². The molecule has 12 nitrogen and oxygen atoms in total. The van der Waals surface area contributed by atoms with Gasteiger partial charge in [-0.15, -0.1) is 0 Å². The molecule has 2 aromatic carbocycles. The van der Waals surface area contributed by atoms with Gasteiger partial charge in [0.15, 0.2) is 0 Å². The highest BCUT2D eigenvalue weighted by atomic mass is 16.5. The Bertz CT molecular complexity index is 1290. The van der Waals surface area contributed by atoms with Gasteiger partial charge in [-0.2, -0.15) is 0 Å². The molecule has 12 heteroatoms. The SMILES string of the molecule is O=C(O)C(=O)O.O=C(O)C(=O)O.c1ccc2nc(Nc3ccc(OCCCN4CC5CCCC5C4)cc3)ccc2c1. The van der Waals surface area contributed by atoms with Crippen LogP contribution in [0, 0.1) is 11.8 Å². The molecule has 0 radical (unpaired) electrons. The molecule has 0 bridgehead atoms. The second-order valence-electron chi connectivity index (χ2n) is 9.67. The molecule has 2 aliphatic rings. The Morgan fingerprint density at radius 1 is 0.805 bits per heavy atom. The lowest BCUT2D eigenvalue weighted by Gasteiger charge is -2.16. The molecule has 2 atom stereocenters. The summed E-state index contributed by atoms with van der Waals surface area (Å²) in [5.74, 6) is -3.55. The maximum Gasteiger partial charge on any atom is 0.414 e. The number of likely N-dealkylation sites (tertiary alicyclic amines) is 1. The average Bonchev–Trinajstić information content (AvgIpc) is 3.55. The third kappa shape index (κ3) is 10.1. The molecule has 1 aliphatic heterocycles. The molecular formula is C29H33N3O9. The first kappa shape index (κ1) is 30.8. The fourth-order valence-electron chi connectivity index (χ4n) is 4.91. The number of anilines is 2. The van der Waals surface area contributed by atoms with E-state index >= 15 is 0 Å². The first-order valence-corrected chi connectivity index (χ1v) is 13.1. The van der Waals surface area contributed by atoms with Gasteiger partial charge in [0.25, 0.3) is 0 Å². The van der Waals surface area contributed by atoms with Crippen LogP contribution in [0.2, 0.25) is 0 Å². The number of nitrogens with zero attached hydrogens (tertiary/aromatic N) is 2. The predicted octanol–water partition coefficient (Wildman–Crippen LogP) is 3.79. The van der Waals surface area contributed by atoms with E-state index in [1.807, 2.05) is 48.5 Å². The fraction of sp³-hybridized carbons (Fsp3) is 0.345. The van der Waals surface area contributed by atoms with Crippen molar-refractivity contribution < 1.29 is 44.3 Å². The zero-order valence-corrected chi connectivity index (χ0v) is 22.3. The number of aliphatic carboxylic acids is 4. The number of pyridine rings is 1. The third-order valence-corrected chi connectivity index (χ3v) is 6.78. The van der Waals surface area contributed by atoms with Crippen molar-refractivity contribution in [3.05, 3.63) is 60.7 Å². The molecule has 2 fully saturated rings. The van der Waals surface area contributed by atoms with E-state index in [0.29, 0.717) is 0 Å². The molecule has 1 aromatic heterocycles. The van der Waals surface area contributed by atoms with Gasteiger partial charge < -0.3 is 35.4 Å². The summed E-state index contributed by atoms with van der Waals surface area (Å²) >= 11 is 0. The van der Waals surface area contributed by atoms with Crippen LogP contribution in [0.15, 0.2) is 60.7 Å². The van der Waals surface area contributed by atoms with Gasteiger partial charge in [-0.25, -0.2) is 24.2 Å². The molecule has 1 aliphatic carbocycles. The summed E-state index contributed by atoms with van der Waals surface area (Å²) < 4.78 is 5.95. The molecule has 0 amide bonds. The molecule has 1 saturated carbocycles. The van der Waals surface area contributed by atoms with Crippen molar-refractivity contribution >= 4 is 46.3 Å². The van der Waals surface area contributed by atoms with Crippen molar-refractivity contribution in [2.24, 2.45) is 11.8 Å². The van der Waals surface area contributed by atoms with Crippen LogP contribution in [-0.2, 0) is 19.2 Å². The highest BCUT2D eigenvalue weighted by molar-refractivity contribution is 6.27. The van der Waals surface area contributed by atoms with Crippen LogP contribution >= 0.6 is 0 Å². The number of rotatable bonds is 7. The number of ether oxygens (including phenoxy) is 1. The lowest BCUT2D eigenvalue weighted by molar-refractivity contribution is -0.159. The molecule has 2 heterocycles. The van der Waals surface area contributed by atoms with E-state index in [-0.39, 0.29) is 0 Å². The van der Waals surface area contributed by atoms with Gasteiger partial charge in [0, 0.05) is 30.7 Å². The summed E-state index contributed by atoms with van der Waals surface area (Å²) in [7, 11) is 0. The number of fused-ring (bicyclic) bond motifs is 2. The number of nitrogens with one attached hydrogen (secondary N) is 1. The van der Waals surface area contributed by atoms with E-state index in [2.05, 4.69) is 27.3 Å². The molecule has 1 saturated heterocycles. The summed E-state index contributed by atoms with van der Waals surface area (Å²) in [4.78, 5) is 43.7. The van der Waals surface area contributed by atoms with Gasteiger partial charge >= 0.3 is 23.9 Å². The van der Waals surface area contributed by atoms with Crippen molar-refractivity contribution in [3.8, 4) is 5.75 Å². The summed E-state index contributed by atoms with van der Waals surface area (Å²) in [5.41, 5.74) is 2.02. The molecule has 218 valence electrons. The van der Waals surface area contributed by atoms with E-state index in [1.54, 1.807) is 0 Å². The Morgan fingerprint density at radius 3 is 1.98 bits per heavy atom. The van der Waals surface area contributed by atoms with Crippen LogP contribution < -0.4 is 10.1 Å². The summed E-state index contributed by atoms with van der Waals surface area (Å²) in [6.45, 7) is 4.58. The summed E-state index contributed by atoms with van der Waals surface area (Å²) in [6.07, 6.45) is 5.45. The highest BCUT2D eigenvalue weighted by Crippen LogP contribution is 2.37. The number of carboxylic acid groups (broad SMARTS) is 4. The number of carbonyl (C=O) groups is 4. The Morgan fingerprint density at radius 2 is 1.39 bits per heavy atom. The van der Waals surface area contributed by atoms with Gasteiger partial charge in [-0.3, -0.25) is 0 Å². The number of aromatic nitrogens is 1. The number of benzene rings is 2. The monoisotopic (exact) mass is 567 g/mol. The van der Waals surface area contributed by atoms with Crippen molar-refractivity contribution in [1.82, 2.24) is 9.88 Å². The first-order chi connectivity index (χ1) is 19.6. The smallest absolute Gasteiger partial charge is 0.414 e. The van der Waals surface area contributed by atoms with Crippen LogP contribution in [0.3, 0.4) is 0 Å². The number of para-hydroxylation sites is 1. The molecule has 2 unspecified atom stereocenters. The minimum absolute atomic E-state index is 0.783. The number of carboxylic acids is 4. The Hall–Kier alpha value is -4.71. The van der Waals surface area contributed by atoms with Crippen LogP contribution in [0.4, 0.5) is 11.5 Å². The molecule has 41 heavy (non-hydrogen) atoms. The van der Waals surface area contributed by atoms with Crippen molar-refractivity contribution in [3.63, 3.8) is 0 Å². The Kier molecular flexibility index (Phi) is 11.4. The van der Waals surface area contributed by atoms with Crippen LogP contribution in [-0.4, -0.2) is 80.4 Å². The zero-order valence-electron chi connectivity index (χ0n) is 22.3. The minimum atomic E-state index is -1.82. The van der Waals surface area contributed by atoms with Crippen LogP contribution in [0.1, 0.15) is 25.7 Å². The van der Waals surface area contributed by atoms with Crippen LogP contribution in [0.5, 0.6) is 5.75 Å². The standard InChI is InChI=1S/C25H29N3O.2C2H2O4/c1-2-8-24-19(5-1)9-14-25(27-24)26-22-10-12-23(13-11-22)29-16-4-15-28-17-20-6-3-7-21(20)18-28;2*3-1(4)2(5)6/h1-2,5,8-14,20-21H,3-4,6-7,15-18H2,(H,26,27);2*(H,3,4)(H,5,6). The summed E-state index contributed by atoms with van der Waals surface area (Å²) in [6, 6.07) is 20.4. The lowest BCUT2D eigenvalue weighted by atomic mass is 10.0. The Labute approximate surface area is 236 Å². The van der Waals surface area contributed by atoms with E-state index in [0.717, 1.165) is 53.0 Å². The molecule has 5 N–H and O–H groups in total. The highest BCUT2D eigenvalue weighted by Gasteiger charge is 2.35. The van der Waals surface area contributed by atoms with E-state index in [1.165, 1.54) is 38.9 Å². The fourth-order valence-corrected chi connectivity index (χ4v) is 4.91. The zero-order chi connectivity index (χ0) is 29.8. The molecule has 5 rings (SSSR count). The molecular weight excluding hydrogens is 534 g/mol. The minimum Gasteiger partial charge on any atom is -0.494 e. The van der Waals surface area contributed by atoms with Crippen molar-refractivity contribution in [1.29, 1.82) is 0 Å². The second kappa shape index (κ2) is 15.2. The van der Waals surface area contributed by atoms with Gasteiger partial charge in [0.2, 0.25) is 0 Å². The van der Waals surface area contributed by atoms with E-state index in [9.17, 15) is 0 Å². The Balaban J connectivity index is 0.000000326. The van der Waals surface area contributed by atoms with Gasteiger partial charge in [0.05, 0.1) is 12.1 Å². The second-order valence-corrected chi connectivity index (χ2v) is 9.67. The average molecular weight is 568 g/mol. The number of hydrogen-bond acceptors (Lipinski definition) is 8. The van der Waals surface area contributed by atoms with Gasteiger partial charge in [-0.1, -0.05) is 24.6 Å². The predicted molar refractivity (Wildman–Crippen MR) is 149 cm³/mol. The van der Waals surface area contributed by atoms with Crippen LogP contribution in [0.25, 0.3) is 10.9 Å².